The first-order valence-corrected chi connectivity index (χ1v) is 4.49. The number of hydrogen-bond donors (Lipinski definition) is 1. The van der Waals surface area contributed by atoms with Crippen molar-refractivity contribution in [3.63, 3.8) is 0 Å². The molecule has 14 heavy (non-hydrogen) atoms. The van der Waals surface area contributed by atoms with Crippen molar-refractivity contribution in [3.8, 4) is 6.07 Å². The summed E-state index contributed by atoms with van der Waals surface area (Å²) in [7, 11) is 0. The zero-order valence-electron chi connectivity index (χ0n) is 7.50. The largest absolute Gasteiger partial charge is 0.372 e. The number of nitriles is 1. The van der Waals surface area contributed by atoms with Gasteiger partial charge in [-0.15, -0.1) is 0 Å². The smallest absolute Gasteiger partial charge is 0.101 e. The van der Waals surface area contributed by atoms with Gasteiger partial charge < -0.3 is 9.72 Å². The van der Waals surface area contributed by atoms with Gasteiger partial charge in [0, 0.05) is 17.1 Å². The molecule has 0 fully saturated rings. The highest BCUT2D eigenvalue weighted by Crippen LogP contribution is 2.27. The number of aromatic nitrogens is 1. The topological polar surface area (TPSA) is 48.8 Å². The predicted molar refractivity (Wildman–Crippen MR) is 51.5 cm³/mol. The van der Waals surface area contributed by atoms with E-state index >= 15 is 0 Å². The monoisotopic (exact) mass is 184 g/mol. The molecule has 0 radical (unpaired) electrons. The molecule has 1 aromatic carbocycles. The first-order chi connectivity index (χ1) is 6.88. The molecule has 0 unspecified atom stereocenters. The van der Waals surface area contributed by atoms with Gasteiger partial charge in [0.2, 0.25) is 0 Å². The van der Waals surface area contributed by atoms with E-state index in [4.69, 9.17) is 10.00 Å². The van der Waals surface area contributed by atoms with Crippen LogP contribution >= 0.6 is 0 Å². The van der Waals surface area contributed by atoms with Crippen LogP contribution in [0.15, 0.2) is 18.3 Å². The van der Waals surface area contributed by atoms with Gasteiger partial charge in [-0.05, 0) is 23.3 Å². The Labute approximate surface area is 80.9 Å². The van der Waals surface area contributed by atoms with Crippen LogP contribution in [0.4, 0.5) is 0 Å². The van der Waals surface area contributed by atoms with Crippen molar-refractivity contribution in [1.82, 2.24) is 4.98 Å². The lowest BCUT2D eigenvalue weighted by Gasteiger charge is -1.96. The summed E-state index contributed by atoms with van der Waals surface area (Å²) in [6, 6.07) is 6.29. The Kier molecular flexibility index (Phi) is 1.41. The highest BCUT2D eigenvalue weighted by molar-refractivity contribution is 5.87. The van der Waals surface area contributed by atoms with Crippen molar-refractivity contribution in [3.05, 3.63) is 35.0 Å². The molecule has 0 spiro atoms. The maximum atomic E-state index is 8.87. The van der Waals surface area contributed by atoms with Crippen LogP contribution in [0.2, 0.25) is 0 Å². The van der Waals surface area contributed by atoms with Crippen LogP contribution in [0.5, 0.6) is 0 Å². The number of nitrogens with one attached hydrogen (secondary N) is 1. The van der Waals surface area contributed by atoms with Crippen LogP contribution in [0.1, 0.15) is 16.7 Å². The van der Waals surface area contributed by atoms with Gasteiger partial charge in [-0.3, -0.25) is 0 Å². The summed E-state index contributed by atoms with van der Waals surface area (Å²) >= 11 is 0. The molecule has 1 N–H and O–H groups in total. The molecule has 1 aliphatic heterocycles. The fourth-order valence-electron chi connectivity index (χ4n) is 1.89. The summed E-state index contributed by atoms with van der Waals surface area (Å²) in [5.41, 5.74) is 4.15. The molecule has 1 aliphatic rings. The average Bonchev–Trinajstić information content (AvgIpc) is 2.78. The molecule has 3 heteroatoms. The van der Waals surface area contributed by atoms with Crippen molar-refractivity contribution in [2.75, 3.05) is 0 Å². The molecule has 0 saturated heterocycles. The Morgan fingerprint density at radius 2 is 2.07 bits per heavy atom. The molecule has 2 heterocycles. The van der Waals surface area contributed by atoms with E-state index in [0.717, 1.165) is 10.9 Å². The summed E-state index contributed by atoms with van der Waals surface area (Å²) in [4.78, 5) is 3.09. The molecule has 0 bridgehead atoms. The molecule has 0 saturated carbocycles. The second-order valence-electron chi connectivity index (χ2n) is 3.47. The van der Waals surface area contributed by atoms with E-state index in [2.05, 4.69) is 17.1 Å². The number of H-pyrrole nitrogens is 1. The van der Waals surface area contributed by atoms with Gasteiger partial charge in [0.25, 0.3) is 0 Å². The second kappa shape index (κ2) is 2.60. The highest BCUT2D eigenvalue weighted by Gasteiger charge is 2.14. The number of aromatic amines is 1. The normalized spacial score (nSPS) is 14.2. The van der Waals surface area contributed by atoms with Gasteiger partial charge in [-0.25, -0.2) is 0 Å². The summed E-state index contributed by atoms with van der Waals surface area (Å²) in [6.45, 7) is 1.35. The molecule has 1 aromatic heterocycles. The summed E-state index contributed by atoms with van der Waals surface area (Å²) in [6.07, 6.45) is 1.75. The number of benzene rings is 1. The van der Waals surface area contributed by atoms with E-state index in [0.29, 0.717) is 18.8 Å². The van der Waals surface area contributed by atoms with Crippen LogP contribution in [0, 0.1) is 11.3 Å². The first kappa shape index (κ1) is 7.60. The van der Waals surface area contributed by atoms with E-state index < -0.39 is 0 Å². The number of nitrogens with zero attached hydrogens (tertiary/aromatic N) is 1. The van der Waals surface area contributed by atoms with Crippen LogP contribution in [-0.4, -0.2) is 4.98 Å². The molecule has 0 aliphatic carbocycles. The minimum Gasteiger partial charge on any atom is -0.372 e. The lowest BCUT2D eigenvalue weighted by atomic mass is 10.1. The molecular formula is C11H8N2O. The fraction of sp³-hybridized carbons (Fsp3) is 0.182. The van der Waals surface area contributed by atoms with Crippen molar-refractivity contribution >= 4 is 10.9 Å². The summed E-state index contributed by atoms with van der Waals surface area (Å²) in [5, 5.41) is 9.87. The second-order valence-corrected chi connectivity index (χ2v) is 3.47. The van der Waals surface area contributed by atoms with Gasteiger partial charge in [-0.2, -0.15) is 5.26 Å². The predicted octanol–water partition coefficient (Wildman–Crippen LogP) is 2.07. The Morgan fingerprint density at radius 1 is 1.29 bits per heavy atom. The standard InChI is InChI=1S/C11H8N2O/c12-3-9-4-13-11-2-8-6-14-5-7(8)1-10(9)11/h1-2,4,13H,5-6H2. The zero-order valence-corrected chi connectivity index (χ0v) is 7.50. The number of fused-ring (bicyclic) bond motifs is 2. The maximum Gasteiger partial charge on any atom is 0.101 e. The van der Waals surface area contributed by atoms with Gasteiger partial charge in [-0.1, -0.05) is 0 Å². The van der Waals surface area contributed by atoms with Crippen LogP contribution in [-0.2, 0) is 18.0 Å². The van der Waals surface area contributed by atoms with Crippen molar-refractivity contribution < 1.29 is 4.74 Å². The van der Waals surface area contributed by atoms with E-state index in [1.165, 1.54) is 11.1 Å². The molecule has 2 aromatic rings. The Balaban J connectivity index is 2.37. The Morgan fingerprint density at radius 3 is 2.86 bits per heavy atom. The van der Waals surface area contributed by atoms with E-state index in [9.17, 15) is 0 Å². The van der Waals surface area contributed by atoms with Crippen molar-refractivity contribution in [2.24, 2.45) is 0 Å². The maximum absolute atomic E-state index is 8.87. The third-order valence-corrected chi connectivity index (χ3v) is 2.64. The van der Waals surface area contributed by atoms with E-state index in [1.54, 1.807) is 6.20 Å². The average molecular weight is 184 g/mol. The molecule has 0 atom stereocenters. The van der Waals surface area contributed by atoms with E-state index in [-0.39, 0.29) is 0 Å². The minimum absolute atomic E-state index is 0.668. The molecule has 68 valence electrons. The summed E-state index contributed by atoms with van der Waals surface area (Å²) in [5.74, 6) is 0. The van der Waals surface area contributed by atoms with Crippen LogP contribution in [0.25, 0.3) is 10.9 Å². The lowest BCUT2D eigenvalue weighted by molar-refractivity contribution is 0.134. The quantitative estimate of drug-likeness (QED) is 0.681. The first-order valence-electron chi connectivity index (χ1n) is 4.49. The van der Waals surface area contributed by atoms with Gasteiger partial charge in [0.05, 0.1) is 18.8 Å². The number of ether oxygens (including phenoxy) is 1. The molecule has 0 amide bonds. The van der Waals surface area contributed by atoms with Crippen molar-refractivity contribution in [2.45, 2.75) is 13.2 Å². The third-order valence-electron chi connectivity index (χ3n) is 2.64. The Hall–Kier alpha value is -1.79. The zero-order chi connectivity index (χ0) is 9.54. The molecular weight excluding hydrogens is 176 g/mol. The minimum atomic E-state index is 0.668. The highest BCUT2D eigenvalue weighted by atomic mass is 16.5. The van der Waals surface area contributed by atoms with E-state index in [1.807, 2.05) is 6.07 Å². The SMILES string of the molecule is N#Cc1c[nH]c2cc3c(cc12)COC3. The van der Waals surface area contributed by atoms with Gasteiger partial charge >= 0.3 is 0 Å². The number of hydrogen-bond acceptors (Lipinski definition) is 2. The van der Waals surface area contributed by atoms with Gasteiger partial charge in [0.15, 0.2) is 0 Å². The van der Waals surface area contributed by atoms with Crippen LogP contribution in [0.3, 0.4) is 0 Å². The molecule has 3 nitrogen and oxygen atoms in total. The van der Waals surface area contributed by atoms with Gasteiger partial charge in [0.1, 0.15) is 6.07 Å². The van der Waals surface area contributed by atoms with Crippen molar-refractivity contribution in [1.29, 1.82) is 5.26 Å². The summed E-state index contributed by atoms with van der Waals surface area (Å²) < 4.78 is 5.33. The third kappa shape index (κ3) is 0.889. The molecule has 3 rings (SSSR count). The number of rotatable bonds is 0. The van der Waals surface area contributed by atoms with Crippen LogP contribution < -0.4 is 0 Å². The Bertz CT molecular complexity index is 548. The fourth-order valence-corrected chi connectivity index (χ4v) is 1.89. The lowest BCUT2D eigenvalue weighted by Crippen LogP contribution is -1.82.